The van der Waals surface area contributed by atoms with Gasteiger partial charge in [0, 0.05) is 18.0 Å². The van der Waals surface area contributed by atoms with Crippen LogP contribution < -0.4 is 5.32 Å². The van der Waals surface area contributed by atoms with Gasteiger partial charge in [0.1, 0.15) is 5.82 Å². The summed E-state index contributed by atoms with van der Waals surface area (Å²) in [7, 11) is 0. The van der Waals surface area contributed by atoms with E-state index in [-0.39, 0.29) is 36.1 Å². The van der Waals surface area contributed by atoms with Crippen molar-refractivity contribution in [1.29, 1.82) is 0 Å². The van der Waals surface area contributed by atoms with E-state index < -0.39 is 0 Å². The van der Waals surface area contributed by atoms with Gasteiger partial charge in [-0.3, -0.25) is 9.59 Å². The van der Waals surface area contributed by atoms with Gasteiger partial charge < -0.3 is 10.2 Å². The average molecular weight is 447 g/mol. The molecular formula is C27H34N4O2. The minimum absolute atomic E-state index is 0.00529. The standard InChI is InChI=1S/C27H34N4O2/c1-20(2)18-30(26(33)16-21-12-8-6-9-13-21)19-25(32)28-24-17-23(27(3,4)5)29-31(24)22-14-10-7-11-15-22/h6-15,17,20H,16,18-19H2,1-5H3,(H,28,32). The van der Waals surface area contributed by atoms with Crippen LogP contribution >= 0.6 is 0 Å². The highest BCUT2D eigenvalue weighted by molar-refractivity contribution is 5.94. The molecule has 0 aliphatic carbocycles. The van der Waals surface area contributed by atoms with Crippen LogP contribution in [0.3, 0.4) is 0 Å². The number of anilines is 1. The number of aromatic nitrogens is 2. The molecule has 0 spiro atoms. The van der Waals surface area contributed by atoms with Gasteiger partial charge in [0.25, 0.3) is 0 Å². The molecule has 0 atom stereocenters. The number of carbonyl (C=O) groups is 2. The number of carbonyl (C=O) groups excluding carboxylic acids is 2. The first-order valence-corrected chi connectivity index (χ1v) is 11.4. The molecule has 0 aliphatic heterocycles. The van der Waals surface area contributed by atoms with Crippen molar-refractivity contribution < 1.29 is 9.59 Å². The quantitative estimate of drug-likeness (QED) is 0.539. The lowest BCUT2D eigenvalue weighted by atomic mass is 9.92. The van der Waals surface area contributed by atoms with Crippen LogP contribution in [0.25, 0.3) is 5.69 Å². The number of amides is 2. The van der Waals surface area contributed by atoms with Crippen molar-refractivity contribution in [2.45, 2.75) is 46.5 Å². The minimum Gasteiger partial charge on any atom is -0.333 e. The van der Waals surface area contributed by atoms with Crippen LogP contribution in [0.2, 0.25) is 0 Å². The highest BCUT2D eigenvalue weighted by Gasteiger charge is 2.23. The Kier molecular flexibility index (Phi) is 7.69. The number of benzene rings is 2. The van der Waals surface area contributed by atoms with Gasteiger partial charge in [0.15, 0.2) is 0 Å². The van der Waals surface area contributed by atoms with Crippen LogP contribution in [0, 0.1) is 5.92 Å². The van der Waals surface area contributed by atoms with Gasteiger partial charge in [-0.1, -0.05) is 83.1 Å². The van der Waals surface area contributed by atoms with Crippen LogP contribution in [-0.4, -0.2) is 39.6 Å². The van der Waals surface area contributed by atoms with Crippen molar-refractivity contribution in [1.82, 2.24) is 14.7 Å². The van der Waals surface area contributed by atoms with Crippen molar-refractivity contribution >= 4 is 17.6 Å². The second-order valence-electron chi connectivity index (χ2n) is 9.79. The molecule has 0 fully saturated rings. The predicted molar refractivity (Wildman–Crippen MR) is 132 cm³/mol. The zero-order chi connectivity index (χ0) is 24.0. The molecule has 2 amide bonds. The Morgan fingerprint density at radius 2 is 1.61 bits per heavy atom. The van der Waals surface area contributed by atoms with Crippen molar-refractivity contribution in [3.8, 4) is 5.69 Å². The van der Waals surface area contributed by atoms with E-state index >= 15 is 0 Å². The fourth-order valence-corrected chi connectivity index (χ4v) is 3.54. The van der Waals surface area contributed by atoms with Gasteiger partial charge in [0.05, 0.1) is 24.3 Å². The Balaban J connectivity index is 1.79. The first-order valence-electron chi connectivity index (χ1n) is 11.4. The van der Waals surface area contributed by atoms with Gasteiger partial charge in [0.2, 0.25) is 11.8 Å². The highest BCUT2D eigenvalue weighted by atomic mass is 16.2. The number of rotatable bonds is 8. The maximum absolute atomic E-state index is 13.1. The Bertz CT molecular complexity index is 1070. The molecule has 0 unspecified atom stereocenters. The van der Waals surface area contributed by atoms with Crippen LogP contribution in [0.5, 0.6) is 0 Å². The summed E-state index contributed by atoms with van der Waals surface area (Å²) in [6, 6.07) is 21.2. The maximum Gasteiger partial charge on any atom is 0.245 e. The SMILES string of the molecule is CC(C)CN(CC(=O)Nc1cc(C(C)(C)C)nn1-c1ccccc1)C(=O)Cc1ccccc1. The first kappa shape index (κ1) is 24.2. The lowest BCUT2D eigenvalue weighted by molar-refractivity contribution is -0.134. The fraction of sp³-hybridized carbons (Fsp3) is 0.370. The summed E-state index contributed by atoms with van der Waals surface area (Å²) in [6.07, 6.45) is 0.275. The van der Waals surface area contributed by atoms with Gasteiger partial charge in [-0.15, -0.1) is 0 Å². The smallest absolute Gasteiger partial charge is 0.245 e. The maximum atomic E-state index is 13.1. The summed E-state index contributed by atoms with van der Waals surface area (Å²) in [5, 5.41) is 7.74. The van der Waals surface area contributed by atoms with Gasteiger partial charge in [-0.05, 0) is 23.6 Å². The molecule has 2 aromatic carbocycles. The number of nitrogens with zero attached hydrogens (tertiary/aromatic N) is 3. The van der Waals surface area contributed by atoms with Crippen molar-refractivity contribution in [3.63, 3.8) is 0 Å². The Labute approximate surface area is 196 Å². The summed E-state index contributed by atoms with van der Waals surface area (Å²) in [6.45, 7) is 10.9. The number of hydrogen-bond donors (Lipinski definition) is 1. The minimum atomic E-state index is -0.241. The van der Waals surface area contributed by atoms with E-state index in [1.807, 2.05) is 80.6 Å². The van der Waals surface area contributed by atoms with Crippen LogP contribution in [0.15, 0.2) is 66.7 Å². The summed E-state index contributed by atoms with van der Waals surface area (Å²) in [4.78, 5) is 27.7. The molecule has 0 radical (unpaired) electrons. The largest absolute Gasteiger partial charge is 0.333 e. The lowest BCUT2D eigenvalue weighted by Gasteiger charge is -2.24. The van der Waals surface area contributed by atoms with E-state index in [2.05, 4.69) is 26.1 Å². The number of para-hydroxylation sites is 1. The number of nitrogens with one attached hydrogen (secondary N) is 1. The summed E-state index contributed by atoms with van der Waals surface area (Å²) < 4.78 is 1.75. The van der Waals surface area contributed by atoms with Crippen molar-refractivity contribution in [3.05, 3.63) is 78.0 Å². The predicted octanol–water partition coefficient (Wildman–Crippen LogP) is 4.84. The van der Waals surface area contributed by atoms with E-state index in [0.717, 1.165) is 16.9 Å². The molecule has 3 aromatic rings. The monoisotopic (exact) mass is 446 g/mol. The van der Waals surface area contributed by atoms with Gasteiger partial charge in [-0.25, -0.2) is 4.68 Å². The highest BCUT2D eigenvalue weighted by Crippen LogP contribution is 2.26. The van der Waals surface area contributed by atoms with E-state index in [0.29, 0.717) is 12.4 Å². The van der Waals surface area contributed by atoms with Crippen molar-refractivity contribution in [2.24, 2.45) is 5.92 Å². The molecule has 6 nitrogen and oxygen atoms in total. The third-order valence-corrected chi connectivity index (χ3v) is 5.22. The molecule has 1 aromatic heterocycles. The van der Waals surface area contributed by atoms with E-state index in [1.165, 1.54) is 0 Å². The summed E-state index contributed by atoms with van der Waals surface area (Å²) in [5.74, 6) is 0.544. The first-order chi connectivity index (χ1) is 15.6. The van der Waals surface area contributed by atoms with Crippen LogP contribution in [0.4, 0.5) is 5.82 Å². The molecule has 1 N–H and O–H groups in total. The molecule has 0 bridgehead atoms. The molecule has 33 heavy (non-hydrogen) atoms. The third-order valence-electron chi connectivity index (χ3n) is 5.22. The number of hydrogen-bond acceptors (Lipinski definition) is 3. The normalized spacial score (nSPS) is 11.5. The van der Waals surface area contributed by atoms with Crippen LogP contribution in [-0.2, 0) is 21.4 Å². The summed E-state index contributed by atoms with van der Waals surface area (Å²) in [5.41, 5.74) is 2.51. The molecule has 0 saturated carbocycles. The van der Waals surface area contributed by atoms with E-state index in [4.69, 9.17) is 5.10 Å². The van der Waals surface area contributed by atoms with E-state index in [1.54, 1.807) is 9.58 Å². The van der Waals surface area contributed by atoms with Crippen LogP contribution in [0.1, 0.15) is 45.9 Å². The Morgan fingerprint density at radius 3 is 2.18 bits per heavy atom. The van der Waals surface area contributed by atoms with Crippen molar-refractivity contribution in [2.75, 3.05) is 18.4 Å². The second-order valence-corrected chi connectivity index (χ2v) is 9.79. The Morgan fingerprint density at radius 1 is 1.00 bits per heavy atom. The van der Waals surface area contributed by atoms with E-state index in [9.17, 15) is 9.59 Å². The summed E-state index contributed by atoms with van der Waals surface area (Å²) >= 11 is 0. The molecule has 0 saturated heterocycles. The molecule has 0 aliphatic rings. The average Bonchev–Trinajstić information content (AvgIpc) is 3.18. The molecule has 3 rings (SSSR count). The van der Waals surface area contributed by atoms with Gasteiger partial charge >= 0.3 is 0 Å². The molecule has 6 heteroatoms. The zero-order valence-corrected chi connectivity index (χ0v) is 20.2. The lowest BCUT2D eigenvalue weighted by Crippen LogP contribution is -2.41. The Hall–Kier alpha value is -3.41. The third kappa shape index (κ3) is 6.78. The molecular weight excluding hydrogens is 412 g/mol. The fourth-order valence-electron chi connectivity index (χ4n) is 3.54. The second kappa shape index (κ2) is 10.5. The topological polar surface area (TPSA) is 67.2 Å². The zero-order valence-electron chi connectivity index (χ0n) is 20.2. The molecule has 1 heterocycles. The van der Waals surface area contributed by atoms with Gasteiger partial charge in [-0.2, -0.15) is 5.10 Å². The molecule has 174 valence electrons.